The summed E-state index contributed by atoms with van der Waals surface area (Å²) in [6.45, 7) is 11.3. The van der Waals surface area contributed by atoms with Gasteiger partial charge in [0.2, 0.25) is 0 Å². The Labute approximate surface area is 124 Å². The van der Waals surface area contributed by atoms with Gasteiger partial charge in [-0.05, 0) is 55.3 Å². The molecule has 1 saturated heterocycles. The highest BCUT2D eigenvalue weighted by atomic mass is 79.9. The van der Waals surface area contributed by atoms with Crippen LogP contribution < -0.4 is 5.73 Å². The molecule has 1 aromatic carbocycles. The average Bonchev–Trinajstić information content (AvgIpc) is 2.20. The molecule has 1 fully saturated rings. The Morgan fingerprint density at radius 1 is 1.21 bits per heavy atom. The molecule has 19 heavy (non-hydrogen) atoms. The van der Waals surface area contributed by atoms with E-state index in [9.17, 15) is 0 Å². The van der Waals surface area contributed by atoms with Gasteiger partial charge in [0.05, 0.1) is 11.2 Å². The van der Waals surface area contributed by atoms with Crippen molar-refractivity contribution in [1.29, 1.82) is 0 Å². The minimum atomic E-state index is -0.117. The highest BCUT2D eigenvalue weighted by molar-refractivity contribution is 9.10. The third-order valence-corrected chi connectivity index (χ3v) is 4.23. The molecular formula is C15H23BrN2O. The van der Waals surface area contributed by atoms with Gasteiger partial charge in [-0.25, -0.2) is 0 Å². The number of ether oxygens (including phenoxy) is 1. The van der Waals surface area contributed by atoms with E-state index < -0.39 is 0 Å². The fraction of sp³-hybridized carbons (Fsp3) is 0.600. The quantitative estimate of drug-likeness (QED) is 0.846. The highest BCUT2D eigenvalue weighted by Gasteiger charge is 2.38. The van der Waals surface area contributed by atoms with Gasteiger partial charge in [-0.1, -0.05) is 12.1 Å². The van der Waals surface area contributed by atoms with Crippen LogP contribution in [0.4, 0.5) is 5.69 Å². The summed E-state index contributed by atoms with van der Waals surface area (Å²) in [5.74, 6) is 0. The van der Waals surface area contributed by atoms with Crippen molar-refractivity contribution in [2.24, 2.45) is 0 Å². The second-order valence-electron chi connectivity index (χ2n) is 6.59. The lowest BCUT2D eigenvalue weighted by molar-refractivity contribution is -0.182. The average molecular weight is 327 g/mol. The van der Waals surface area contributed by atoms with E-state index in [4.69, 9.17) is 10.5 Å². The number of hydrogen-bond donors (Lipinski definition) is 1. The SMILES string of the molecule is CC1(C)CN(Cc2cccc(N)c2Br)CC(C)(C)O1. The predicted octanol–water partition coefficient (Wildman–Crippen LogP) is 3.42. The summed E-state index contributed by atoms with van der Waals surface area (Å²) in [5, 5.41) is 0. The van der Waals surface area contributed by atoms with Gasteiger partial charge in [0.15, 0.2) is 0 Å². The minimum absolute atomic E-state index is 0.117. The molecule has 0 radical (unpaired) electrons. The molecule has 0 atom stereocenters. The first kappa shape index (κ1) is 14.8. The lowest BCUT2D eigenvalue weighted by atomic mass is 9.98. The van der Waals surface area contributed by atoms with Crippen molar-refractivity contribution in [2.75, 3.05) is 18.8 Å². The number of halogens is 1. The number of nitrogens with zero attached hydrogens (tertiary/aromatic N) is 1. The molecule has 0 amide bonds. The van der Waals surface area contributed by atoms with Crippen molar-refractivity contribution in [3.8, 4) is 0 Å². The lowest BCUT2D eigenvalue weighted by Gasteiger charge is -2.47. The largest absolute Gasteiger partial charge is 0.398 e. The van der Waals surface area contributed by atoms with E-state index in [0.29, 0.717) is 0 Å². The Kier molecular flexibility index (Phi) is 3.96. The normalized spacial score (nSPS) is 22.4. The molecule has 2 rings (SSSR count). The van der Waals surface area contributed by atoms with Crippen molar-refractivity contribution in [2.45, 2.75) is 45.4 Å². The van der Waals surface area contributed by atoms with Gasteiger partial charge in [0, 0.05) is 29.8 Å². The van der Waals surface area contributed by atoms with Gasteiger partial charge in [-0.2, -0.15) is 0 Å². The molecule has 0 aromatic heterocycles. The fourth-order valence-electron chi connectivity index (χ4n) is 3.02. The van der Waals surface area contributed by atoms with E-state index in [-0.39, 0.29) is 11.2 Å². The van der Waals surface area contributed by atoms with Gasteiger partial charge >= 0.3 is 0 Å². The van der Waals surface area contributed by atoms with Crippen LogP contribution in [-0.4, -0.2) is 29.2 Å². The molecule has 0 saturated carbocycles. The van der Waals surface area contributed by atoms with Crippen LogP contribution in [0.15, 0.2) is 22.7 Å². The van der Waals surface area contributed by atoms with Crippen LogP contribution in [0.5, 0.6) is 0 Å². The molecule has 0 spiro atoms. The number of anilines is 1. The van der Waals surface area contributed by atoms with Gasteiger partial charge in [0.1, 0.15) is 0 Å². The maximum atomic E-state index is 6.10. The van der Waals surface area contributed by atoms with Crippen molar-refractivity contribution in [3.63, 3.8) is 0 Å². The van der Waals surface area contributed by atoms with E-state index in [2.05, 4.69) is 54.6 Å². The number of nitrogen functional groups attached to an aromatic ring is 1. The molecule has 0 aliphatic carbocycles. The molecule has 1 heterocycles. The topological polar surface area (TPSA) is 38.5 Å². The number of rotatable bonds is 2. The highest BCUT2D eigenvalue weighted by Crippen LogP contribution is 2.31. The predicted molar refractivity (Wildman–Crippen MR) is 83.1 cm³/mol. The molecule has 1 aliphatic rings. The van der Waals surface area contributed by atoms with E-state index >= 15 is 0 Å². The van der Waals surface area contributed by atoms with Crippen LogP contribution in [-0.2, 0) is 11.3 Å². The van der Waals surface area contributed by atoms with Crippen molar-refractivity contribution in [3.05, 3.63) is 28.2 Å². The van der Waals surface area contributed by atoms with Crippen LogP contribution in [0.25, 0.3) is 0 Å². The maximum Gasteiger partial charge on any atom is 0.0760 e. The first-order chi connectivity index (χ1) is 8.69. The van der Waals surface area contributed by atoms with Gasteiger partial charge in [-0.3, -0.25) is 4.90 Å². The number of morpholine rings is 1. The molecule has 1 aliphatic heterocycles. The molecule has 4 heteroatoms. The third kappa shape index (κ3) is 3.71. The number of benzene rings is 1. The zero-order valence-electron chi connectivity index (χ0n) is 12.2. The van der Waals surface area contributed by atoms with E-state index in [1.165, 1.54) is 5.56 Å². The first-order valence-corrected chi connectivity index (χ1v) is 7.43. The third-order valence-electron chi connectivity index (χ3n) is 3.26. The minimum Gasteiger partial charge on any atom is -0.398 e. The summed E-state index contributed by atoms with van der Waals surface area (Å²) >= 11 is 3.58. The molecule has 0 unspecified atom stereocenters. The zero-order valence-corrected chi connectivity index (χ0v) is 13.8. The maximum absolute atomic E-state index is 6.10. The van der Waals surface area contributed by atoms with Gasteiger partial charge < -0.3 is 10.5 Å². The van der Waals surface area contributed by atoms with Crippen LogP contribution in [0.1, 0.15) is 33.3 Å². The Morgan fingerprint density at radius 2 is 1.79 bits per heavy atom. The van der Waals surface area contributed by atoms with Crippen LogP contribution in [0, 0.1) is 0 Å². The monoisotopic (exact) mass is 326 g/mol. The molecule has 0 bridgehead atoms. The van der Waals surface area contributed by atoms with Crippen LogP contribution in [0.2, 0.25) is 0 Å². The summed E-state index contributed by atoms with van der Waals surface area (Å²) in [7, 11) is 0. The van der Waals surface area contributed by atoms with E-state index in [1.807, 2.05) is 12.1 Å². The molecule has 3 nitrogen and oxygen atoms in total. The Bertz CT molecular complexity index is 455. The van der Waals surface area contributed by atoms with E-state index in [0.717, 1.165) is 29.8 Å². The summed E-state index contributed by atoms with van der Waals surface area (Å²) in [4.78, 5) is 2.43. The van der Waals surface area contributed by atoms with Crippen molar-refractivity contribution >= 4 is 21.6 Å². The van der Waals surface area contributed by atoms with Gasteiger partial charge in [-0.15, -0.1) is 0 Å². The van der Waals surface area contributed by atoms with Crippen LogP contribution >= 0.6 is 15.9 Å². The Balaban J connectivity index is 2.16. The van der Waals surface area contributed by atoms with Crippen molar-refractivity contribution in [1.82, 2.24) is 4.90 Å². The van der Waals surface area contributed by atoms with Gasteiger partial charge in [0.25, 0.3) is 0 Å². The lowest BCUT2D eigenvalue weighted by Crippen LogP contribution is -2.56. The summed E-state index contributed by atoms with van der Waals surface area (Å²) < 4.78 is 7.12. The summed E-state index contributed by atoms with van der Waals surface area (Å²) in [5.41, 5.74) is 7.73. The van der Waals surface area contributed by atoms with Crippen molar-refractivity contribution < 1.29 is 4.74 Å². The number of hydrogen-bond acceptors (Lipinski definition) is 3. The zero-order chi connectivity index (χ0) is 14.3. The standard InChI is InChI=1S/C15H23BrN2O/c1-14(2)9-18(10-15(3,4)19-14)8-11-6-5-7-12(17)13(11)16/h5-7H,8-10,17H2,1-4H3. The molecule has 2 N–H and O–H groups in total. The summed E-state index contributed by atoms with van der Waals surface area (Å²) in [6.07, 6.45) is 0. The molecule has 1 aromatic rings. The number of nitrogens with two attached hydrogens (primary N) is 1. The molecule has 106 valence electrons. The fourth-order valence-corrected chi connectivity index (χ4v) is 3.41. The second kappa shape index (κ2) is 5.08. The Hall–Kier alpha value is -0.580. The smallest absolute Gasteiger partial charge is 0.0760 e. The first-order valence-electron chi connectivity index (χ1n) is 6.64. The van der Waals surface area contributed by atoms with Crippen LogP contribution in [0.3, 0.4) is 0 Å². The Morgan fingerprint density at radius 3 is 2.37 bits per heavy atom. The second-order valence-corrected chi connectivity index (χ2v) is 7.38. The molecular weight excluding hydrogens is 304 g/mol. The van der Waals surface area contributed by atoms with E-state index in [1.54, 1.807) is 0 Å². The summed E-state index contributed by atoms with van der Waals surface area (Å²) in [6, 6.07) is 6.04.